The first kappa shape index (κ1) is 15.7. The number of benzene rings is 1. The van der Waals surface area contributed by atoms with E-state index in [2.05, 4.69) is 0 Å². The van der Waals surface area contributed by atoms with Crippen molar-refractivity contribution < 1.29 is 39.8 Å². The number of rotatable bonds is 4. The first-order chi connectivity index (χ1) is 9.95. The van der Waals surface area contributed by atoms with Crippen molar-refractivity contribution in [3.63, 3.8) is 0 Å². The van der Waals surface area contributed by atoms with Crippen LogP contribution in [0.2, 0.25) is 0 Å². The Balaban J connectivity index is 2.21. The third-order valence-electron chi connectivity index (χ3n) is 3.22. The minimum Gasteiger partial charge on any atom is -0.481 e. The van der Waals surface area contributed by atoms with Crippen LogP contribution < -0.4 is 4.74 Å². The Morgan fingerprint density at radius 2 is 1.86 bits per heavy atom. The van der Waals surface area contributed by atoms with Crippen molar-refractivity contribution >= 4 is 5.97 Å². The maximum absolute atomic E-state index is 11.1. The number of aliphatic hydroxyl groups excluding tert-OH is 4. The van der Waals surface area contributed by atoms with Crippen molar-refractivity contribution in [2.45, 2.75) is 30.7 Å². The molecule has 1 aliphatic heterocycles. The third-order valence-corrected chi connectivity index (χ3v) is 3.22. The number of ether oxygens (including phenoxy) is 2. The lowest BCUT2D eigenvalue weighted by molar-refractivity contribution is -0.280. The second-order valence-electron chi connectivity index (χ2n) is 4.61. The van der Waals surface area contributed by atoms with Crippen LogP contribution in [0, 0.1) is 0 Å². The second-order valence-corrected chi connectivity index (χ2v) is 4.61. The Morgan fingerprint density at radius 1 is 1.19 bits per heavy atom. The molecule has 5 N–H and O–H groups in total. The number of hydrogen-bond acceptors (Lipinski definition) is 7. The maximum Gasteiger partial charge on any atom is 0.339 e. The van der Waals surface area contributed by atoms with Crippen LogP contribution in [-0.2, 0) is 4.74 Å². The summed E-state index contributed by atoms with van der Waals surface area (Å²) >= 11 is 0. The highest BCUT2D eigenvalue weighted by molar-refractivity contribution is 5.90. The molecule has 8 heteroatoms. The molecule has 5 atom stereocenters. The first-order valence-corrected chi connectivity index (χ1v) is 6.25. The highest BCUT2D eigenvalue weighted by Gasteiger charge is 2.45. The van der Waals surface area contributed by atoms with Gasteiger partial charge in [0.2, 0.25) is 0 Å². The Labute approximate surface area is 119 Å². The van der Waals surface area contributed by atoms with E-state index in [4.69, 9.17) is 19.7 Å². The van der Waals surface area contributed by atoms with Gasteiger partial charge in [-0.3, -0.25) is 0 Å². The molecule has 21 heavy (non-hydrogen) atoms. The lowest BCUT2D eigenvalue weighted by atomic mass is 9.99. The van der Waals surface area contributed by atoms with Crippen LogP contribution >= 0.6 is 0 Å². The molecule has 1 saturated heterocycles. The van der Waals surface area contributed by atoms with Crippen molar-refractivity contribution in [3.05, 3.63) is 29.8 Å². The zero-order valence-corrected chi connectivity index (χ0v) is 10.9. The molecule has 0 unspecified atom stereocenters. The van der Waals surface area contributed by atoms with Gasteiger partial charge in [0, 0.05) is 0 Å². The van der Waals surface area contributed by atoms with E-state index in [1.807, 2.05) is 0 Å². The van der Waals surface area contributed by atoms with E-state index in [9.17, 15) is 20.1 Å². The first-order valence-electron chi connectivity index (χ1n) is 6.25. The fourth-order valence-electron chi connectivity index (χ4n) is 2.09. The van der Waals surface area contributed by atoms with E-state index >= 15 is 0 Å². The largest absolute Gasteiger partial charge is 0.481 e. The molecule has 0 amide bonds. The van der Waals surface area contributed by atoms with Crippen LogP contribution in [0.15, 0.2) is 24.3 Å². The molecule has 1 aromatic carbocycles. The SMILES string of the molecule is O=C(O)c1ccccc1O[C@@H]1[C@@H](O)[C@@H](O)[C@@H](CO)O[C@H]1O. The minimum atomic E-state index is -1.62. The van der Waals surface area contributed by atoms with Crippen molar-refractivity contribution in [2.75, 3.05) is 6.61 Å². The lowest BCUT2D eigenvalue weighted by Gasteiger charge is -2.39. The summed E-state index contributed by atoms with van der Waals surface area (Å²) in [5.74, 6) is -1.31. The van der Waals surface area contributed by atoms with E-state index in [0.717, 1.165) is 0 Å². The molecule has 1 aliphatic rings. The molecule has 0 bridgehead atoms. The minimum absolute atomic E-state index is 0.0775. The van der Waals surface area contributed by atoms with Crippen LogP contribution in [0.25, 0.3) is 0 Å². The van der Waals surface area contributed by atoms with Gasteiger partial charge in [-0.2, -0.15) is 0 Å². The van der Waals surface area contributed by atoms with Crippen LogP contribution in [0.5, 0.6) is 5.75 Å². The summed E-state index contributed by atoms with van der Waals surface area (Å²) in [6.45, 7) is -0.590. The fraction of sp³-hybridized carbons (Fsp3) is 0.462. The quantitative estimate of drug-likeness (QED) is 0.456. The summed E-state index contributed by atoms with van der Waals surface area (Å²) in [5.41, 5.74) is -0.157. The number of carboxylic acid groups (broad SMARTS) is 1. The van der Waals surface area contributed by atoms with Gasteiger partial charge in [-0.1, -0.05) is 12.1 Å². The summed E-state index contributed by atoms with van der Waals surface area (Å²) in [6, 6.07) is 5.68. The predicted octanol–water partition coefficient (Wildman–Crippen LogP) is -1.44. The zero-order chi connectivity index (χ0) is 15.6. The lowest BCUT2D eigenvalue weighted by Crippen LogP contribution is -2.60. The van der Waals surface area contributed by atoms with E-state index in [-0.39, 0.29) is 11.3 Å². The van der Waals surface area contributed by atoms with E-state index < -0.39 is 43.3 Å². The smallest absolute Gasteiger partial charge is 0.339 e. The summed E-state index contributed by atoms with van der Waals surface area (Å²) in [7, 11) is 0. The van der Waals surface area contributed by atoms with Gasteiger partial charge in [-0.05, 0) is 12.1 Å². The molecule has 0 aliphatic carbocycles. The van der Waals surface area contributed by atoms with Crippen LogP contribution in [-0.4, -0.2) is 68.8 Å². The highest BCUT2D eigenvalue weighted by atomic mass is 16.7. The Hall–Kier alpha value is -1.71. The number of carbonyl (C=O) groups is 1. The van der Waals surface area contributed by atoms with Gasteiger partial charge >= 0.3 is 5.97 Å². The molecule has 0 saturated carbocycles. The Morgan fingerprint density at radius 3 is 2.48 bits per heavy atom. The van der Waals surface area contributed by atoms with E-state index in [0.29, 0.717) is 0 Å². The topological polar surface area (TPSA) is 137 Å². The van der Waals surface area contributed by atoms with Crippen molar-refractivity contribution in [1.29, 1.82) is 0 Å². The maximum atomic E-state index is 11.1. The number of carboxylic acids is 1. The molecule has 0 radical (unpaired) electrons. The molecule has 8 nitrogen and oxygen atoms in total. The van der Waals surface area contributed by atoms with Crippen LogP contribution in [0.1, 0.15) is 10.4 Å². The fourth-order valence-corrected chi connectivity index (χ4v) is 2.09. The highest BCUT2D eigenvalue weighted by Crippen LogP contribution is 2.26. The van der Waals surface area contributed by atoms with Crippen LogP contribution in [0.3, 0.4) is 0 Å². The van der Waals surface area contributed by atoms with Gasteiger partial charge in [0.1, 0.15) is 29.6 Å². The molecule has 0 aromatic heterocycles. The summed E-state index contributed by atoms with van der Waals surface area (Å²) in [4.78, 5) is 11.1. The molecule has 116 valence electrons. The van der Waals surface area contributed by atoms with Crippen molar-refractivity contribution in [3.8, 4) is 5.75 Å². The van der Waals surface area contributed by atoms with Gasteiger partial charge in [0.25, 0.3) is 0 Å². The predicted molar refractivity (Wildman–Crippen MR) is 67.8 cm³/mol. The normalized spacial score (nSPS) is 32.7. The number of hydrogen-bond donors (Lipinski definition) is 5. The Bertz CT molecular complexity index is 505. The van der Waals surface area contributed by atoms with Gasteiger partial charge in [0.05, 0.1) is 6.61 Å². The average Bonchev–Trinajstić information content (AvgIpc) is 2.47. The van der Waals surface area contributed by atoms with Crippen LogP contribution in [0.4, 0.5) is 0 Å². The van der Waals surface area contributed by atoms with E-state index in [1.165, 1.54) is 24.3 Å². The molecule has 0 spiro atoms. The monoisotopic (exact) mass is 300 g/mol. The van der Waals surface area contributed by atoms with Gasteiger partial charge in [0.15, 0.2) is 12.4 Å². The average molecular weight is 300 g/mol. The van der Waals surface area contributed by atoms with Gasteiger partial charge < -0.3 is 35.0 Å². The molecule has 2 rings (SSSR count). The van der Waals surface area contributed by atoms with E-state index in [1.54, 1.807) is 0 Å². The molecular formula is C13H16O8. The molecule has 1 heterocycles. The van der Waals surface area contributed by atoms with Gasteiger partial charge in [-0.25, -0.2) is 4.79 Å². The van der Waals surface area contributed by atoms with Crippen molar-refractivity contribution in [1.82, 2.24) is 0 Å². The Kier molecular flexibility index (Phi) is 4.76. The van der Waals surface area contributed by atoms with Gasteiger partial charge in [-0.15, -0.1) is 0 Å². The molecular weight excluding hydrogens is 284 g/mol. The number of aliphatic hydroxyl groups is 4. The molecule has 1 fully saturated rings. The second kappa shape index (κ2) is 6.37. The summed E-state index contributed by atoms with van der Waals surface area (Å²) in [5, 5.41) is 47.4. The third kappa shape index (κ3) is 3.14. The van der Waals surface area contributed by atoms with Crippen molar-refractivity contribution in [2.24, 2.45) is 0 Å². The molecule has 1 aromatic rings. The zero-order valence-electron chi connectivity index (χ0n) is 10.9. The number of para-hydroxylation sites is 1. The number of aromatic carboxylic acids is 1. The standard InChI is InChI=1S/C13H16O8/c14-5-8-9(15)10(16)11(13(19)21-8)20-7-4-2-1-3-6(7)12(17)18/h1-4,8-11,13-16,19H,5H2,(H,17,18)/t8-,9+,10+,11-,13-/m1/s1. The summed E-state index contributed by atoms with van der Waals surface area (Å²) < 4.78 is 10.2. The summed E-state index contributed by atoms with van der Waals surface area (Å²) in [6.07, 6.45) is -7.18.